The van der Waals surface area contributed by atoms with Gasteiger partial charge in [0.15, 0.2) is 0 Å². The molecule has 17 heavy (non-hydrogen) atoms. The Balaban J connectivity index is 2.40. The molecule has 1 fully saturated rings. The third-order valence-corrected chi connectivity index (χ3v) is 4.34. The minimum Gasteiger partial charge on any atom is -0.313 e. The molecular formula is C14H31N3. The molecule has 2 atom stereocenters. The third kappa shape index (κ3) is 4.23. The molecule has 0 saturated carbocycles. The van der Waals surface area contributed by atoms with Crippen LogP contribution in [0.4, 0.5) is 0 Å². The number of hydrogen-bond donors (Lipinski definition) is 1. The lowest BCUT2D eigenvalue weighted by Gasteiger charge is -2.47. The summed E-state index contributed by atoms with van der Waals surface area (Å²) in [6.45, 7) is 16.2. The van der Waals surface area contributed by atoms with E-state index in [2.05, 4.69) is 56.8 Å². The standard InChI is InChI=1S/C14H31N3/c1-7-12(2)15-10-13(3)17-9-8-16(6)14(4,5)11-17/h12-13,15H,7-11H2,1-6H3. The molecule has 1 aliphatic rings. The van der Waals surface area contributed by atoms with Crippen LogP contribution < -0.4 is 5.32 Å². The number of nitrogens with zero attached hydrogens (tertiary/aromatic N) is 2. The maximum atomic E-state index is 3.61. The van der Waals surface area contributed by atoms with Crippen LogP contribution in [-0.2, 0) is 0 Å². The van der Waals surface area contributed by atoms with Gasteiger partial charge in [0.1, 0.15) is 0 Å². The van der Waals surface area contributed by atoms with Gasteiger partial charge in [-0.1, -0.05) is 6.92 Å². The Hall–Kier alpha value is -0.120. The molecule has 0 aromatic heterocycles. The van der Waals surface area contributed by atoms with Crippen LogP contribution in [0.5, 0.6) is 0 Å². The van der Waals surface area contributed by atoms with Crippen molar-refractivity contribution in [3.8, 4) is 0 Å². The minimum absolute atomic E-state index is 0.308. The molecule has 0 aliphatic carbocycles. The fourth-order valence-electron chi connectivity index (χ4n) is 2.30. The fraction of sp³-hybridized carbons (Fsp3) is 1.00. The summed E-state index contributed by atoms with van der Waals surface area (Å²) in [6, 6.07) is 1.27. The predicted octanol–water partition coefficient (Wildman–Crippen LogP) is 1.79. The van der Waals surface area contributed by atoms with Gasteiger partial charge in [0.2, 0.25) is 0 Å². The first kappa shape index (κ1) is 14.9. The Kier molecular flexibility index (Phi) is 5.42. The van der Waals surface area contributed by atoms with Crippen LogP contribution in [0.1, 0.15) is 41.0 Å². The predicted molar refractivity (Wildman–Crippen MR) is 75.5 cm³/mol. The first-order chi connectivity index (χ1) is 7.86. The van der Waals surface area contributed by atoms with E-state index < -0.39 is 0 Å². The zero-order valence-electron chi connectivity index (χ0n) is 12.6. The van der Waals surface area contributed by atoms with Crippen LogP contribution in [-0.4, -0.2) is 60.6 Å². The molecule has 0 aromatic rings. The summed E-state index contributed by atoms with van der Waals surface area (Å²) in [4.78, 5) is 5.09. The Morgan fingerprint density at radius 3 is 2.41 bits per heavy atom. The van der Waals surface area contributed by atoms with Crippen LogP contribution in [0, 0.1) is 0 Å². The second-order valence-corrected chi connectivity index (χ2v) is 6.27. The van der Waals surface area contributed by atoms with E-state index in [-0.39, 0.29) is 0 Å². The quantitative estimate of drug-likeness (QED) is 0.792. The SMILES string of the molecule is CCC(C)NCC(C)N1CCN(C)C(C)(C)C1. The lowest BCUT2D eigenvalue weighted by atomic mass is 9.98. The van der Waals surface area contributed by atoms with Gasteiger partial charge in [0, 0.05) is 43.8 Å². The molecule has 3 heteroatoms. The van der Waals surface area contributed by atoms with Gasteiger partial charge >= 0.3 is 0 Å². The number of nitrogens with one attached hydrogen (secondary N) is 1. The highest BCUT2D eigenvalue weighted by atomic mass is 15.3. The van der Waals surface area contributed by atoms with Crippen LogP contribution in [0.2, 0.25) is 0 Å². The number of likely N-dealkylation sites (N-methyl/N-ethyl adjacent to an activating group) is 1. The van der Waals surface area contributed by atoms with E-state index in [0.29, 0.717) is 17.6 Å². The first-order valence-corrected chi connectivity index (χ1v) is 7.05. The summed E-state index contributed by atoms with van der Waals surface area (Å²) in [5.74, 6) is 0. The summed E-state index contributed by atoms with van der Waals surface area (Å²) in [5, 5.41) is 3.61. The van der Waals surface area contributed by atoms with Crippen molar-refractivity contribution in [3.05, 3.63) is 0 Å². The summed E-state index contributed by atoms with van der Waals surface area (Å²) in [5.41, 5.74) is 0.308. The van der Waals surface area contributed by atoms with Crippen molar-refractivity contribution < 1.29 is 0 Å². The van der Waals surface area contributed by atoms with Crippen molar-refractivity contribution in [3.63, 3.8) is 0 Å². The average molecular weight is 241 g/mol. The van der Waals surface area contributed by atoms with Crippen LogP contribution in [0.15, 0.2) is 0 Å². The highest BCUT2D eigenvalue weighted by molar-refractivity contribution is 4.90. The topological polar surface area (TPSA) is 18.5 Å². The Bertz CT molecular complexity index is 228. The monoisotopic (exact) mass is 241 g/mol. The molecule has 1 heterocycles. The maximum Gasteiger partial charge on any atom is 0.0277 e. The van der Waals surface area contributed by atoms with Crippen LogP contribution in [0.3, 0.4) is 0 Å². The Labute approximate surface area is 108 Å². The summed E-state index contributed by atoms with van der Waals surface area (Å²) in [7, 11) is 2.24. The molecule has 1 rings (SSSR count). The maximum absolute atomic E-state index is 3.61. The Morgan fingerprint density at radius 2 is 1.88 bits per heavy atom. The van der Waals surface area contributed by atoms with Crippen molar-refractivity contribution in [2.45, 2.75) is 58.7 Å². The van der Waals surface area contributed by atoms with Gasteiger partial charge in [-0.05, 0) is 41.2 Å². The molecule has 3 nitrogen and oxygen atoms in total. The van der Waals surface area contributed by atoms with Crippen LogP contribution >= 0.6 is 0 Å². The molecule has 0 spiro atoms. The van der Waals surface area contributed by atoms with Crippen molar-refractivity contribution >= 4 is 0 Å². The zero-order valence-corrected chi connectivity index (χ0v) is 12.6. The zero-order chi connectivity index (χ0) is 13.1. The molecule has 0 amide bonds. The molecule has 0 radical (unpaired) electrons. The minimum atomic E-state index is 0.308. The summed E-state index contributed by atoms with van der Waals surface area (Å²) >= 11 is 0. The average Bonchev–Trinajstić information content (AvgIpc) is 2.28. The molecule has 1 N–H and O–H groups in total. The molecular weight excluding hydrogens is 210 g/mol. The van der Waals surface area contributed by atoms with Gasteiger partial charge < -0.3 is 5.32 Å². The van der Waals surface area contributed by atoms with Crippen molar-refractivity contribution in [2.75, 3.05) is 33.2 Å². The lowest BCUT2D eigenvalue weighted by molar-refractivity contribution is 0.0203. The number of hydrogen-bond acceptors (Lipinski definition) is 3. The second kappa shape index (κ2) is 6.17. The summed E-state index contributed by atoms with van der Waals surface area (Å²) in [6.07, 6.45) is 1.21. The normalized spacial score (nSPS) is 25.8. The lowest BCUT2D eigenvalue weighted by Crippen LogP contribution is -2.60. The van der Waals surface area contributed by atoms with E-state index in [1.54, 1.807) is 0 Å². The molecule has 102 valence electrons. The smallest absolute Gasteiger partial charge is 0.0277 e. The molecule has 0 aromatic carbocycles. The van der Waals surface area contributed by atoms with Crippen molar-refractivity contribution in [1.82, 2.24) is 15.1 Å². The number of piperazine rings is 1. The molecule has 2 unspecified atom stereocenters. The first-order valence-electron chi connectivity index (χ1n) is 7.05. The highest BCUT2D eigenvalue weighted by Gasteiger charge is 2.32. The van der Waals surface area contributed by atoms with Crippen LogP contribution in [0.25, 0.3) is 0 Å². The van der Waals surface area contributed by atoms with E-state index in [0.717, 1.165) is 6.54 Å². The van der Waals surface area contributed by atoms with E-state index in [9.17, 15) is 0 Å². The number of rotatable bonds is 5. The van der Waals surface area contributed by atoms with Gasteiger partial charge in [-0.15, -0.1) is 0 Å². The van der Waals surface area contributed by atoms with Gasteiger partial charge in [0.25, 0.3) is 0 Å². The molecule has 0 bridgehead atoms. The highest BCUT2D eigenvalue weighted by Crippen LogP contribution is 2.20. The molecule has 1 saturated heterocycles. The summed E-state index contributed by atoms with van der Waals surface area (Å²) < 4.78 is 0. The van der Waals surface area contributed by atoms with Gasteiger partial charge in [-0.2, -0.15) is 0 Å². The van der Waals surface area contributed by atoms with Gasteiger partial charge in [0.05, 0.1) is 0 Å². The van der Waals surface area contributed by atoms with E-state index in [1.165, 1.54) is 26.1 Å². The van der Waals surface area contributed by atoms with Crippen molar-refractivity contribution in [1.29, 1.82) is 0 Å². The second-order valence-electron chi connectivity index (χ2n) is 6.27. The third-order valence-electron chi connectivity index (χ3n) is 4.34. The van der Waals surface area contributed by atoms with Gasteiger partial charge in [-0.25, -0.2) is 0 Å². The largest absolute Gasteiger partial charge is 0.313 e. The van der Waals surface area contributed by atoms with E-state index >= 15 is 0 Å². The Morgan fingerprint density at radius 1 is 1.24 bits per heavy atom. The fourth-order valence-corrected chi connectivity index (χ4v) is 2.30. The van der Waals surface area contributed by atoms with E-state index in [1.807, 2.05) is 0 Å². The van der Waals surface area contributed by atoms with Gasteiger partial charge in [-0.3, -0.25) is 9.80 Å². The molecule has 1 aliphatic heterocycles. The van der Waals surface area contributed by atoms with Crippen molar-refractivity contribution in [2.24, 2.45) is 0 Å². The van der Waals surface area contributed by atoms with E-state index in [4.69, 9.17) is 0 Å².